The lowest BCUT2D eigenvalue weighted by Gasteiger charge is -2.19. The highest BCUT2D eigenvalue weighted by atomic mass is 16.5. The maximum absolute atomic E-state index is 11.7. The molecule has 0 aliphatic carbocycles. The molecule has 0 aliphatic heterocycles. The van der Waals surface area contributed by atoms with Gasteiger partial charge in [0.2, 0.25) is 0 Å². The molecule has 1 aromatic heterocycles. The number of aromatic nitrogens is 1. The summed E-state index contributed by atoms with van der Waals surface area (Å²) < 4.78 is 5.08. The maximum Gasteiger partial charge on any atom is 0.413 e. The van der Waals surface area contributed by atoms with Gasteiger partial charge >= 0.3 is 12.1 Å². The molecule has 0 fully saturated rings. The van der Waals surface area contributed by atoms with Gasteiger partial charge in [0.15, 0.2) is 0 Å². The molecule has 0 radical (unpaired) electrons. The summed E-state index contributed by atoms with van der Waals surface area (Å²) in [5.41, 5.74) is 0.390. The first kappa shape index (κ1) is 16.5. The Kier molecular flexibility index (Phi) is 4.95. The van der Waals surface area contributed by atoms with Crippen LogP contribution in [0.1, 0.15) is 25.0 Å². The quantitative estimate of drug-likeness (QED) is 0.884. The molecule has 1 aromatic carbocycles. The van der Waals surface area contributed by atoms with Crippen molar-refractivity contribution in [1.29, 1.82) is 0 Å². The molecule has 0 saturated carbocycles. The third-order valence-electron chi connectivity index (χ3n) is 3.46. The molecule has 0 aliphatic rings. The zero-order valence-corrected chi connectivity index (χ0v) is 12.9. The highest BCUT2D eigenvalue weighted by molar-refractivity contribution is 5.83. The number of amides is 1. The largest absolute Gasteiger partial charge is 0.481 e. The summed E-state index contributed by atoms with van der Waals surface area (Å²) in [7, 11) is 0. The summed E-state index contributed by atoms with van der Waals surface area (Å²) in [4.78, 5) is 26.9. The molecule has 0 saturated heterocycles. The van der Waals surface area contributed by atoms with Crippen molar-refractivity contribution in [2.45, 2.75) is 25.9 Å². The second-order valence-corrected chi connectivity index (χ2v) is 5.55. The number of ether oxygens (including phenoxy) is 1. The number of anilines is 1. The third-order valence-corrected chi connectivity index (χ3v) is 3.46. The number of carboxylic acids is 1. The summed E-state index contributed by atoms with van der Waals surface area (Å²) in [6.07, 6.45) is 0.813. The molecule has 23 heavy (non-hydrogen) atoms. The van der Waals surface area contributed by atoms with Gasteiger partial charge in [-0.1, -0.05) is 36.4 Å². The number of carbonyl (C=O) groups excluding carboxylic acids is 1. The Morgan fingerprint density at radius 2 is 1.87 bits per heavy atom. The van der Waals surface area contributed by atoms with E-state index in [9.17, 15) is 14.7 Å². The molecule has 2 rings (SSSR count). The highest BCUT2D eigenvalue weighted by Crippen LogP contribution is 2.23. The smallest absolute Gasteiger partial charge is 0.413 e. The Labute approximate surface area is 134 Å². The molecule has 2 aromatic rings. The van der Waals surface area contributed by atoms with Gasteiger partial charge in [-0.15, -0.1) is 0 Å². The van der Waals surface area contributed by atoms with Gasteiger partial charge < -0.3 is 9.84 Å². The maximum atomic E-state index is 11.7. The van der Waals surface area contributed by atoms with Gasteiger partial charge in [0.1, 0.15) is 12.4 Å². The van der Waals surface area contributed by atoms with E-state index in [1.165, 1.54) is 6.20 Å². The molecule has 120 valence electrons. The normalized spacial score (nSPS) is 10.9. The fourth-order valence-electron chi connectivity index (χ4n) is 1.82. The number of rotatable bonds is 5. The van der Waals surface area contributed by atoms with Crippen molar-refractivity contribution in [3.8, 4) is 0 Å². The number of hydrogen-bond donors (Lipinski definition) is 2. The summed E-state index contributed by atoms with van der Waals surface area (Å²) in [5, 5.41) is 11.7. The number of hydrogen-bond acceptors (Lipinski definition) is 4. The molecule has 0 unspecified atom stereocenters. The van der Waals surface area contributed by atoms with Crippen molar-refractivity contribution in [2.24, 2.45) is 0 Å². The van der Waals surface area contributed by atoms with Gasteiger partial charge in [-0.3, -0.25) is 10.1 Å². The molecular formula is C17H18N2O4. The molecule has 0 atom stereocenters. The van der Waals surface area contributed by atoms with Crippen LogP contribution in [0.15, 0.2) is 48.7 Å². The van der Waals surface area contributed by atoms with Gasteiger partial charge in [-0.05, 0) is 31.0 Å². The van der Waals surface area contributed by atoms with E-state index in [2.05, 4.69) is 10.3 Å². The Hall–Kier alpha value is -2.89. The highest BCUT2D eigenvalue weighted by Gasteiger charge is 2.29. The summed E-state index contributed by atoms with van der Waals surface area (Å²) in [6, 6.07) is 12.5. The Morgan fingerprint density at radius 1 is 1.17 bits per heavy atom. The predicted molar refractivity (Wildman–Crippen MR) is 85.1 cm³/mol. The van der Waals surface area contributed by atoms with Crippen LogP contribution in [-0.2, 0) is 21.6 Å². The van der Waals surface area contributed by atoms with Gasteiger partial charge in [0, 0.05) is 6.20 Å². The van der Waals surface area contributed by atoms with Crippen LogP contribution in [0.25, 0.3) is 0 Å². The molecule has 1 amide bonds. The van der Waals surface area contributed by atoms with Crippen molar-refractivity contribution in [3.63, 3.8) is 0 Å². The van der Waals surface area contributed by atoms with Crippen molar-refractivity contribution < 1.29 is 19.4 Å². The number of pyridine rings is 1. The molecular weight excluding hydrogens is 296 g/mol. The number of aliphatic carboxylic acids is 1. The monoisotopic (exact) mass is 314 g/mol. The average Bonchev–Trinajstić information content (AvgIpc) is 2.54. The minimum absolute atomic E-state index is 0.163. The van der Waals surface area contributed by atoms with Crippen molar-refractivity contribution in [1.82, 2.24) is 4.98 Å². The van der Waals surface area contributed by atoms with E-state index < -0.39 is 17.5 Å². The lowest BCUT2D eigenvalue weighted by molar-refractivity contribution is -0.142. The number of nitrogens with zero attached hydrogens (tertiary/aromatic N) is 1. The Bertz CT molecular complexity index is 681. The number of nitrogens with one attached hydrogen (secondary N) is 1. The van der Waals surface area contributed by atoms with Crippen LogP contribution in [0.2, 0.25) is 0 Å². The predicted octanol–water partition coefficient (Wildman–Crippen LogP) is 3.19. The summed E-state index contributed by atoms with van der Waals surface area (Å²) >= 11 is 0. The van der Waals surface area contributed by atoms with E-state index in [1.807, 2.05) is 30.3 Å². The first-order chi connectivity index (χ1) is 10.9. The summed E-state index contributed by atoms with van der Waals surface area (Å²) in [5.74, 6) is -0.643. The Balaban J connectivity index is 1.93. The van der Waals surface area contributed by atoms with Crippen LogP contribution in [0, 0.1) is 0 Å². The van der Waals surface area contributed by atoms with Gasteiger partial charge in [-0.2, -0.15) is 0 Å². The topological polar surface area (TPSA) is 88.5 Å². The second-order valence-electron chi connectivity index (χ2n) is 5.55. The van der Waals surface area contributed by atoms with E-state index in [0.29, 0.717) is 11.4 Å². The number of carbonyl (C=O) groups is 2. The van der Waals surface area contributed by atoms with Gasteiger partial charge in [-0.25, -0.2) is 9.78 Å². The first-order valence-electron chi connectivity index (χ1n) is 7.07. The fourth-order valence-corrected chi connectivity index (χ4v) is 1.82. The van der Waals surface area contributed by atoms with Crippen LogP contribution in [0.4, 0.5) is 10.6 Å². The minimum atomic E-state index is -1.04. The van der Waals surface area contributed by atoms with E-state index in [1.54, 1.807) is 26.0 Å². The minimum Gasteiger partial charge on any atom is -0.481 e. The van der Waals surface area contributed by atoms with Gasteiger partial charge in [0.05, 0.1) is 5.41 Å². The van der Waals surface area contributed by atoms with Crippen molar-refractivity contribution >= 4 is 17.9 Å². The van der Waals surface area contributed by atoms with E-state index >= 15 is 0 Å². The van der Waals surface area contributed by atoms with E-state index in [0.717, 1.165) is 5.56 Å². The first-order valence-corrected chi connectivity index (χ1v) is 7.07. The van der Waals surface area contributed by atoms with Crippen LogP contribution in [0.3, 0.4) is 0 Å². The molecule has 1 heterocycles. The number of benzene rings is 1. The van der Waals surface area contributed by atoms with Crippen LogP contribution < -0.4 is 5.32 Å². The second kappa shape index (κ2) is 6.91. The number of carboxylic acid groups (broad SMARTS) is 1. The van der Waals surface area contributed by atoms with Crippen molar-refractivity contribution in [3.05, 3.63) is 59.8 Å². The van der Waals surface area contributed by atoms with Crippen molar-refractivity contribution in [2.75, 3.05) is 5.32 Å². The van der Waals surface area contributed by atoms with E-state index in [4.69, 9.17) is 4.74 Å². The lowest BCUT2D eigenvalue weighted by atomic mass is 9.86. The standard InChI is InChI=1S/C17H18N2O4/c1-17(2,15(20)21)13-8-9-14(18-10-13)19-16(22)23-11-12-6-4-3-5-7-12/h3-10H,11H2,1-2H3,(H,20,21)(H,18,19,22). The zero-order chi connectivity index (χ0) is 16.9. The van der Waals surface area contributed by atoms with Gasteiger partial charge in [0.25, 0.3) is 0 Å². The summed E-state index contributed by atoms with van der Waals surface area (Å²) in [6.45, 7) is 3.35. The van der Waals surface area contributed by atoms with E-state index in [-0.39, 0.29) is 6.61 Å². The third kappa shape index (κ3) is 4.29. The van der Waals surface area contributed by atoms with Crippen LogP contribution in [-0.4, -0.2) is 22.2 Å². The zero-order valence-electron chi connectivity index (χ0n) is 12.9. The molecule has 2 N–H and O–H groups in total. The lowest BCUT2D eigenvalue weighted by Crippen LogP contribution is -2.28. The van der Waals surface area contributed by atoms with Crippen LogP contribution in [0.5, 0.6) is 0 Å². The fraction of sp³-hybridized carbons (Fsp3) is 0.235. The molecule has 6 heteroatoms. The average molecular weight is 314 g/mol. The molecule has 6 nitrogen and oxygen atoms in total. The molecule has 0 spiro atoms. The molecule has 0 bridgehead atoms. The SMILES string of the molecule is CC(C)(C(=O)O)c1ccc(NC(=O)OCc2ccccc2)nc1. The van der Waals surface area contributed by atoms with Crippen LogP contribution >= 0.6 is 0 Å². The Morgan fingerprint density at radius 3 is 2.43 bits per heavy atom.